The van der Waals surface area contributed by atoms with Crippen molar-refractivity contribution in [3.05, 3.63) is 66.4 Å². The Balaban J connectivity index is 1.60. The number of unbranched alkanes of at least 4 members (excludes halogenated alkanes) is 1. The molecule has 1 saturated heterocycles. The predicted molar refractivity (Wildman–Crippen MR) is 156 cm³/mol. The van der Waals surface area contributed by atoms with Crippen molar-refractivity contribution in [1.29, 1.82) is 0 Å². The van der Waals surface area contributed by atoms with Gasteiger partial charge in [-0.15, -0.1) is 0 Å². The van der Waals surface area contributed by atoms with Crippen molar-refractivity contribution >= 4 is 29.0 Å². The van der Waals surface area contributed by atoms with Crippen LogP contribution in [0.2, 0.25) is 0 Å². The number of anilines is 1. The Bertz CT molecular complexity index is 1110. The highest BCUT2D eigenvalue weighted by Gasteiger charge is 2.18. The highest BCUT2D eigenvalue weighted by atomic mass is 16.4. The number of rotatable bonds is 13. The fourth-order valence-corrected chi connectivity index (χ4v) is 4.42. The van der Waals surface area contributed by atoms with Gasteiger partial charge in [-0.2, -0.15) is 0 Å². The second-order valence-corrected chi connectivity index (χ2v) is 9.61. The van der Waals surface area contributed by atoms with Gasteiger partial charge in [0.25, 0.3) is 0 Å². The Morgan fingerprint density at radius 2 is 1.95 bits per heavy atom. The molecule has 1 fully saturated rings. The van der Waals surface area contributed by atoms with Crippen molar-refractivity contribution in [2.24, 2.45) is 9.98 Å². The van der Waals surface area contributed by atoms with E-state index in [2.05, 4.69) is 45.9 Å². The highest BCUT2D eigenvalue weighted by molar-refractivity contribution is 6.13. The lowest BCUT2D eigenvalue weighted by molar-refractivity contribution is -0.138. The molecule has 0 unspecified atom stereocenters. The van der Waals surface area contributed by atoms with Gasteiger partial charge in [0.15, 0.2) is 0 Å². The van der Waals surface area contributed by atoms with Gasteiger partial charge in [-0.3, -0.25) is 14.6 Å². The van der Waals surface area contributed by atoms with Crippen molar-refractivity contribution in [1.82, 2.24) is 20.1 Å². The van der Waals surface area contributed by atoms with Crippen LogP contribution >= 0.6 is 0 Å². The van der Waals surface area contributed by atoms with Gasteiger partial charge >= 0.3 is 5.97 Å². The average molecular weight is 520 g/mol. The summed E-state index contributed by atoms with van der Waals surface area (Å²) in [7, 11) is 4.04. The van der Waals surface area contributed by atoms with E-state index in [1.807, 2.05) is 49.3 Å². The maximum Gasteiger partial charge on any atom is 0.317 e. The molecule has 2 heterocycles. The molecule has 0 radical (unpaired) electrons. The van der Waals surface area contributed by atoms with Crippen molar-refractivity contribution in [2.45, 2.75) is 26.3 Å². The number of pyridine rings is 1. The smallest absolute Gasteiger partial charge is 0.317 e. The highest BCUT2D eigenvalue weighted by Crippen LogP contribution is 2.18. The largest absolute Gasteiger partial charge is 0.480 e. The number of carboxylic acids is 1. The van der Waals surface area contributed by atoms with Gasteiger partial charge in [0.2, 0.25) is 0 Å². The van der Waals surface area contributed by atoms with Crippen LogP contribution in [0.1, 0.15) is 30.9 Å². The number of carboxylic acid groups (broad SMARTS) is 1. The van der Waals surface area contributed by atoms with Crippen LogP contribution in [0.4, 0.5) is 11.5 Å². The second kappa shape index (κ2) is 15.1. The van der Waals surface area contributed by atoms with Gasteiger partial charge < -0.3 is 15.3 Å². The Hall–Kier alpha value is -3.40. The van der Waals surface area contributed by atoms with Crippen LogP contribution in [0, 0.1) is 0 Å². The molecule has 9 heteroatoms. The van der Waals surface area contributed by atoms with E-state index in [4.69, 9.17) is 15.1 Å². The van der Waals surface area contributed by atoms with E-state index in [-0.39, 0.29) is 6.54 Å². The lowest BCUT2D eigenvalue weighted by Gasteiger charge is -2.33. The number of hydrogen-bond donors (Lipinski definition) is 2. The first-order chi connectivity index (χ1) is 18.4. The van der Waals surface area contributed by atoms with Gasteiger partial charge in [0.1, 0.15) is 11.7 Å². The average Bonchev–Trinajstić information content (AvgIpc) is 2.91. The number of aliphatic imine (C=N–C) groups is 2. The fourth-order valence-electron chi connectivity index (χ4n) is 4.42. The molecule has 38 heavy (non-hydrogen) atoms. The molecule has 0 bridgehead atoms. The summed E-state index contributed by atoms with van der Waals surface area (Å²) in [5.74, 6) is 0.811. The Morgan fingerprint density at radius 3 is 2.61 bits per heavy atom. The van der Waals surface area contributed by atoms with Crippen LogP contribution in [0.25, 0.3) is 0 Å². The molecule has 0 spiro atoms. The molecule has 2 aromatic rings. The Labute approximate surface area is 226 Å². The zero-order valence-corrected chi connectivity index (χ0v) is 22.9. The van der Waals surface area contributed by atoms with Crippen LogP contribution in [0.5, 0.6) is 0 Å². The van der Waals surface area contributed by atoms with E-state index in [0.29, 0.717) is 5.84 Å². The number of carbonyl (C=O) groups is 1. The van der Waals surface area contributed by atoms with E-state index >= 15 is 0 Å². The predicted octanol–water partition coefficient (Wildman–Crippen LogP) is 3.44. The van der Waals surface area contributed by atoms with E-state index in [0.717, 1.165) is 81.4 Å². The van der Waals surface area contributed by atoms with Crippen LogP contribution < -0.4 is 10.2 Å². The monoisotopic (exact) mass is 519 g/mol. The number of amidine groups is 1. The second-order valence-electron chi connectivity index (χ2n) is 9.61. The third kappa shape index (κ3) is 9.48. The third-order valence-electron chi connectivity index (χ3n) is 6.51. The third-order valence-corrected chi connectivity index (χ3v) is 6.51. The number of aliphatic carboxylic acids is 1. The molecule has 1 aliphatic heterocycles. The quantitative estimate of drug-likeness (QED) is 0.238. The zero-order valence-electron chi connectivity index (χ0n) is 22.9. The number of hydrogen-bond acceptors (Lipinski definition) is 7. The number of piperazine rings is 1. The summed E-state index contributed by atoms with van der Waals surface area (Å²) in [6, 6.07) is 12.2. The number of allylic oxidation sites excluding steroid dienone is 1. The summed E-state index contributed by atoms with van der Waals surface area (Å²) in [6.45, 7) is 12.0. The molecule has 9 nitrogen and oxygen atoms in total. The Morgan fingerprint density at radius 1 is 1.18 bits per heavy atom. The van der Waals surface area contributed by atoms with Crippen LogP contribution in [-0.4, -0.2) is 97.3 Å². The first kappa shape index (κ1) is 29.2. The van der Waals surface area contributed by atoms with Crippen LogP contribution in [-0.2, 0) is 11.3 Å². The van der Waals surface area contributed by atoms with Gasteiger partial charge in [-0.05, 0) is 69.3 Å². The summed E-state index contributed by atoms with van der Waals surface area (Å²) >= 11 is 0. The molecule has 2 N–H and O–H groups in total. The molecule has 1 aromatic carbocycles. The number of aromatic nitrogens is 1. The lowest BCUT2D eigenvalue weighted by atomic mass is 10.1. The summed E-state index contributed by atoms with van der Waals surface area (Å²) in [6.07, 6.45) is 5.82. The summed E-state index contributed by atoms with van der Waals surface area (Å²) in [4.78, 5) is 31.5. The van der Waals surface area contributed by atoms with Crippen molar-refractivity contribution in [3.8, 4) is 0 Å². The lowest BCUT2D eigenvalue weighted by Crippen LogP contribution is -2.47. The van der Waals surface area contributed by atoms with Gasteiger partial charge in [0, 0.05) is 58.1 Å². The minimum absolute atomic E-state index is 0.110. The standard InChI is InChI=1S/C29H41N7O2/c1-5-27(25-11-12-28(31-20-25)34(4)14-7-6-13-30-3)33-23(2)32-26-10-8-9-24(19-26)21-35-15-17-36(18-16-35)22-29(37)38/h5,8-12,19-20,30H,1,6-7,13-18,21-22H2,2-4H3,(H,37,38). The van der Waals surface area contributed by atoms with Gasteiger partial charge in [-0.1, -0.05) is 18.7 Å². The number of benzene rings is 1. The molecule has 0 amide bonds. The van der Waals surface area contributed by atoms with E-state index < -0.39 is 5.97 Å². The Kier molecular flexibility index (Phi) is 11.6. The molecule has 1 aromatic heterocycles. The minimum Gasteiger partial charge on any atom is -0.480 e. The van der Waals surface area contributed by atoms with Crippen molar-refractivity contribution in [3.63, 3.8) is 0 Å². The van der Waals surface area contributed by atoms with Crippen molar-refractivity contribution in [2.75, 3.05) is 64.8 Å². The van der Waals surface area contributed by atoms with Crippen LogP contribution in [0.15, 0.2) is 65.2 Å². The number of nitrogens with zero attached hydrogens (tertiary/aromatic N) is 6. The maximum absolute atomic E-state index is 10.9. The molecular weight excluding hydrogens is 478 g/mol. The molecule has 0 atom stereocenters. The molecule has 0 saturated carbocycles. The summed E-state index contributed by atoms with van der Waals surface area (Å²) in [5, 5.41) is 12.2. The molecule has 3 rings (SSSR count). The molecule has 204 valence electrons. The molecule has 0 aliphatic carbocycles. The fraction of sp³-hybridized carbons (Fsp3) is 0.448. The minimum atomic E-state index is -0.770. The van der Waals surface area contributed by atoms with E-state index in [9.17, 15) is 4.79 Å². The summed E-state index contributed by atoms with van der Waals surface area (Å²) in [5.41, 5.74) is 3.66. The van der Waals surface area contributed by atoms with Gasteiger partial charge in [0.05, 0.1) is 17.9 Å². The first-order valence-corrected chi connectivity index (χ1v) is 13.2. The maximum atomic E-state index is 10.9. The van der Waals surface area contributed by atoms with Crippen LogP contribution in [0.3, 0.4) is 0 Å². The SMILES string of the molecule is C=CC(=NC(C)=Nc1cccc(CN2CCN(CC(=O)O)CC2)c1)c1ccc(N(C)CCCCNC)nc1. The van der Waals surface area contributed by atoms with E-state index in [1.54, 1.807) is 6.08 Å². The zero-order chi connectivity index (χ0) is 27.3. The topological polar surface area (TPSA) is 96.7 Å². The normalized spacial score (nSPS) is 15.4. The van der Waals surface area contributed by atoms with Crippen molar-refractivity contribution < 1.29 is 9.90 Å². The summed E-state index contributed by atoms with van der Waals surface area (Å²) < 4.78 is 0. The molecular formula is C29H41N7O2. The molecule has 1 aliphatic rings. The first-order valence-electron chi connectivity index (χ1n) is 13.2. The number of nitrogens with one attached hydrogen (secondary N) is 1. The van der Waals surface area contributed by atoms with Gasteiger partial charge in [-0.25, -0.2) is 15.0 Å². The van der Waals surface area contributed by atoms with E-state index in [1.165, 1.54) is 5.56 Å².